The van der Waals surface area contributed by atoms with Gasteiger partial charge in [0.15, 0.2) is 5.13 Å². The normalized spacial score (nSPS) is 11.4. The molecule has 1 aromatic heterocycles. The van der Waals surface area contributed by atoms with Gasteiger partial charge in [0.25, 0.3) is 0 Å². The van der Waals surface area contributed by atoms with Crippen molar-refractivity contribution in [2.75, 3.05) is 32.0 Å². The average Bonchev–Trinajstić information content (AvgIpc) is 2.91. The number of alkyl halides is 3. The summed E-state index contributed by atoms with van der Waals surface area (Å²) in [6, 6.07) is 3.71. The zero-order valence-electron chi connectivity index (χ0n) is 14.0. The van der Waals surface area contributed by atoms with E-state index >= 15 is 0 Å². The second-order valence-corrected chi connectivity index (χ2v) is 6.31. The van der Waals surface area contributed by atoms with Crippen LogP contribution < -0.4 is 15.4 Å². The maximum absolute atomic E-state index is 12.3. The van der Waals surface area contributed by atoms with Gasteiger partial charge >= 0.3 is 6.36 Å². The van der Waals surface area contributed by atoms with Crippen LogP contribution in [0.15, 0.2) is 18.2 Å². The maximum atomic E-state index is 12.3. The molecule has 2 aromatic rings. The third-order valence-corrected chi connectivity index (χ3v) is 4.11. The number of halogens is 3. The first-order valence-electron chi connectivity index (χ1n) is 7.59. The number of ether oxygens (including phenoxy) is 1. The van der Waals surface area contributed by atoms with E-state index in [-0.39, 0.29) is 29.9 Å². The van der Waals surface area contributed by atoms with Gasteiger partial charge in [-0.25, -0.2) is 4.98 Å². The second-order valence-electron chi connectivity index (χ2n) is 5.27. The smallest absolute Gasteiger partial charge is 0.406 e. The van der Waals surface area contributed by atoms with Crippen LogP contribution in [0.2, 0.25) is 0 Å². The van der Waals surface area contributed by atoms with Crippen molar-refractivity contribution in [1.82, 2.24) is 15.2 Å². The zero-order valence-corrected chi connectivity index (χ0v) is 14.8. The quantitative estimate of drug-likeness (QED) is 0.757. The zero-order chi connectivity index (χ0) is 19.3. The SMILES string of the molecule is CCNCC(=O)N(C)CC(=O)Nc1nc2ccc(OC(F)(F)F)cc2s1. The summed E-state index contributed by atoms with van der Waals surface area (Å²) < 4.78 is 41.0. The maximum Gasteiger partial charge on any atom is 0.573 e. The number of amides is 2. The molecule has 0 bridgehead atoms. The van der Waals surface area contributed by atoms with Crippen molar-refractivity contribution in [3.63, 3.8) is 0 Å². The molecule has 2 rings (SSSR count). The lowest BCUT2D eigenvalue weighted by Crippen LogP contribution is -2.39. The van der Waals surface area contributed by atoms with E-state index in [1.807, 2.05) is 6.92 Å². The predicted molar refractivity (Wildman–Crippen MR) is 91.1 cm³/mol. The van der Waals surface area contributed by atoms with Crippen LogP contribution in [0.3, 0.4) is 0 Å². The van der Waals surface area contributed by atoms with E-state index in [0.29, 0.717) is 16.8 Å². The van der Waals surface area contributed by atoms with Crippen molar-refractivity contribution < 1.29 is 27.5 Å². The Kier molecular flexibility index (Phi) is 6.37. The summed E-state index contributed by atoms with van der Waals surface area (Å²) in [5, 5.41) is 5.62. The Labute approximate surface area is 151 Å². The molecule has 0 fully saturated rings. The molecule has 11 heteroatoms. The molecule has 0 aliphatic rings. The minimum Gasteiger partial charge on any atom is -0.406 e. The summed E-state index contributed by atoms with van der Waals surface area (Å²) in [5.74, 6) is -1.05. The highest BCUT2D eigenvalue weighted by atomic mass is 32.1. The molecule has 0 aliphatic heterocycles. The van der Waals surface area contributed by atoms with Crippen molar-refractivity contribution in [2.45, 2.75) is 13.3 Å². The number of carbonyl (C=O) groups is 2. The first-order valence-corrected chi connectivity index (χ1v) is 8.40. The van der Waals surface area contributed by atoms with Gasteiger partial charge in [-0.05, 0) is 18.7 Å². The number of hydrogen-bond acceptors (Lipinski definition) is 6. The van der Waals surface area contributed by atoms with Crippen molar-refractivity contribution in [1.29, 1.82) is 0 Å². The minimum absolute atomic E-state index is 0.128. The van der Waals surface area contributed by atoms with Gasteiger partial charge in [0.1, 0.15) is 5.75 Å². The van der Waals surface area contributed by atoms with Crippen molar-refractivity contribution in [3.8, 4) is 5.75 Å². The first-order chi connectivity index (χ1) is 12.2. The molecule has 26 heavy (non-hydrogen) atoms. The molecule has 0 aliphatic carbocycles. The standard InChI is InChI=1S/C15H17F3N4O3S/c1-3-19-7-13(24)22(2)8-12(23)21-14-20-10-5-4-9(6-11(10)26-14)25-15(16,17)18/h4-6,19H,3,7-8H2,1-2H3,(H,20,21,23). The summed E-state index contributed by atoms with van der Waals surface area (Å²) in [7, 11) is 1.50. The molecule has 0 saturated heterocycles. The summed E-state index contributed by atoms with van der Waals surface area (Å²) in [4.78, 5) is 29.1. The number of likely N-dealkylation sites (N-methyl/N-ethyl adjacent to an activating group) is 2. The van der Waals surface area contributed by atoms with E-state index in [4.69, 9.17) is 0 Å². The fraction of sp³-hybridized carbons (Fsp3) is 0.400. The number of nitrogens with one attached hydrogen (secondary N) is 2. The highest BCUT2D eigenvalue weighted by molar-refractivity contribution is 7.22. The van der Waals surface area contributed by atoms with E-state index < -0.39 is 12.3 Å². The molecule has 0 unspecified atom stereocenters. The van der Waals surface area contributed by atoms with Crippen LogP contribution in [-0.2, 0) is 9.59 Å². The third-order valence-electron chi connectivity index (χ3n) is 3.17. The Hall–Kier alpha value is -2.40. The van der Waals surface area contributed by atoms with Gasteiger partial charge in [0, 0.05) is 13.1 Å². The number of carbonyl (C=O) groups excluding carboxylic acids is 2. The Morgan fingerprint density at radius 3 is 2.73 bits per heavy atom. The third kappa shape index (κ3) is 5.85. The van der Waals surface area contributed by atoms with Gasteiger partial charge in [-0.1, -0.05) is 18.3 Å². The number of hydrogen-bond donors (Lipinski definition) is 2. The molecule has 7 nitrogen and oxygen atoms in total. The van der Waals surface area contributed by atoms with Crippen LogP contribution in [0, 0.1) is 0 Å². The molecule has 2 amide bonds. The van der Waals surface area contributed by atoms with Crippen LogP contribution in [0.25, 0.3) is 10.2 Å². The molecule has 2 N–H and O–H groups in total. The highest BCUT2D eigenvalue weighted by Crippen LogP contribution is 2.31. The minimum atomic E-state index is -4.78. The predicted octanol–water partition coefficient (Wildman–Crippen LogP) is 2.20. The molecule has 0 saturated carbocycles. The number of anilines is 1. The van der Waals surface area contributed by atoms with Gasteiger partial charge in [0.05, 0.1) is 23.3 Å². The molecule has 0 radical (unpaired) electrons. The van der Waals surface area contributed by atoms with Crippen LogP contribution in [-0.4, -0.2) is 54.7 Å². The number of nitrogens with zero attached hydrogens (tertiary/aromatic N) is 2. The van der Waals surface area contributed by atoms with Crippen molar-refractivity contribution in [2.24, 2.45) is 0 Å². The number of benzene rings is 1. The summed E-state index contributed by atoms with van der Waals surface area (Å²) in [6.07, 6.45) is -4.78. The van der Waals surface area contributed by atoms with Gasteiger partial charge in [0.2, 0.25) is 11.8 Å². The number of thiazole rings is 1. The average molecular weight is 390 g/mol. The van der Waals surface area contributed by atoms with Gasteiger partial charge in [-0.2, -0.15) is 0 Å². The Bertz CT molecular complexity index is 794. The highest BCUT2D eigenvalue weighted by Gasteiger charge is 2.31. The Morgan fingerprint density at radius 1 is 1.35 bits per heavy atom. The molecule has 142 valence electrons. The van der Waals surface area contributed by atoms with Crippen LogP contribution >= 0.6 is 11.3 Å². The van der Waals surface area contributed by atoms with Gasteiger partial charge in [-0.3, -0.25) is 9.59 Å². The molecular formula is C15H17F3N4O3S. The van der Waals surface area contributed by atoms with Gasteiger partial charge < -0.3 is 20.3 Å². The fourth-order valence-corrected chi connectivity index (χ4v) is 2.90. The van der Waals surface area contributed by atoms with Crippen LogP contribution in [0.1, 0.15) is 6.92 Å². The van der Waals surface area contributed by atoms with Crippen molar-refractivity contribution in [3.05, 3.63) is 18.2 Å². The van der Waals surface area contributed by atoms with E-state index in [9.17, 15) is 22.8 Å². The largest absolute Gasteiger partial charge is 0.573 e. The summed E-state index contributed by atoms with van der Waals surface area (Å²) >= 11 is 1.01. The van der Waals surface area contributed by atoms with Crippen LogP contribution in [0.4, 0.5) is 18.3 Å². The number of aromatic nitrogens is 1. The lowest BCUT2D eigenvalue weighted by molar-refractivity contribution is -0.274. The second kappa shape index (κ2) is 8.32. The summed E-state index contributed by atoms with van der Waals surface area (Å²) in [5.41, 5.74) is 0.427. The molecule has 0 atom stereocenters. The Morgan fingerprint density at radius 2 is 2.08 bits per heavy atom. The van der Waals surface area contributed by atoms with Gasteiger partial charge in [-0.15, -0.1) is 13.2 Å². The molecule has 1 heterocycles. The number of rotatable bonds is 7. The first kappa shape index (κ1) is 19.9. The fourth-order valence-electron chi connectivity index (χ4n) is 1.98. The van der Waals surface area contributed by atoms with E-state index in [1.165, 1.54) is 24.1 Å². The monoisotopic (exact) mass is 390 g/mol. The van der Waals surface area contributed by atoms with E-state index in [1.54, 1.807) is 0 Å². The number of fused-ring (bicyclic) bond motifs is 1. The lowest BCUT2D eigenvalue weighted by Gasteiger charge is -2.16. The van der Waals surface area contributed by atoms with Crippen LogP contribution in [0.5, 0.6) is 5.75 Å². The lowest BCUT2D eigenvalue weighted by atomic mass is 10.3. The van der Waals surface area contributed by atoms with E-state index in [0.717, 1.165) is 17.4 Å². The topological polar surface area (TPSA) is 83.6 Å². The molecule has 0 spiro atoms. The summed E-state index contributed by atoms with van der Waals surface area (Å²) in [6.45, 7) is 2.46. The van der Waals surface area contributed by atoms with E-state index in [2.05, 4.69) is 20.4 Å². The van der Waals surface area contributed by atoms with Crippen molar-refractivity contribution >= 4 is 38.5 Å². The molecular weight excluding hydrogens is 373 g/mol. The molecule has 1 aromatic carbocycles. The Balaban J connectivity index is 1.99.